The molecule has 0 atom stereocenters. The molecule has 3 rings (SSSR count). The highest BCUT2D eigenvalue weighted by molar-refractivity contribution is 8.01. The molecule has 1 aromatic rings. The molecule has 19 heavy (non-hydrogen) atoms. The maximum absolute atomic E-state index is 12.5. The maximum atomic E-state index is 12.5. The predicted molar refractivity (Wildman–Crippen MR) is 76.3 cm³/mol. The van der Waals surface area contributed by atoms with Crippen molar-refractivity contribution in [3.05, 3.63) is 24.3 Å². The molecule has 0 aromatic heterocycles. The van der Waals surface area contributed by atoms with E-state index in [1.54, 1.807) is 11.8 Å². The zero-order valence-electron chi connectivity index (χ0n) is 11.0. The van der Waals surface area contributed by atoms with Crippen molar-refractivity contribution in [3.63, 3.8) is 0 Å². The Morgan fingerprint density at radius 1 is 1.26 bits per heavy atom. The molecule has 0 bridgehead atoms. The van der Waals surface area contributed by atoms with Gasteiger partial charge in [-0.15, -0.1) is 0 Å². The SMILES string of the molecule is CC(=O)CC(=O)N1c2ccccc2SC12CCCC2. The molecule has 4 heteroatoms. The van der Waals surface area contributed by atoms with Crippen LogP contribution in [0.1, 0.15) is 39.0 Å². The standard InChI is InChI=1S/C15H17NO2S/c1-11(17)10-14(18)16-12-6-2-3-7-13(12)19-15(16)8-4-5-9-15/h2-3,6-7H,4-5,8-10H2,1H3. The Balaban J connectivity index is 2.00. The Kier molecular flexibility index (Phi) is 3.13. The number of anilines is 1. The zero-order valence-corrected chi connectivity index (χ0v) is 11.8. The van der Waals surface area contributed by atoms with Gasteiger partial charge in [0.2, 0.25) is 5.91 Å². The first kappa shape index (κ1) is 12.7. The van der Waals surface area contributed by atoms with Gasteiger partial charge in [-0.05, 0) is 31.9 Å². The highest BCUT2D eigenvalue weighted by Crippen LogP contribution is 2.57. The van der Waals surface area contributed by atoms with Crippen LogP contribution in [0.5, 0.6) is 0 Å². The molecular formula is C15H17NO2S. The lowest BCUT2D eigenvalue weighted by molar-refractivity contribution is -0.125. The Hall–Kier alpha value is -1.29. The first-order chi connectivity index (χ1) is 9.12. The summed E-state index contributed by atoms with van der Waals surface area (Å²) >= 11 is 1.80. The van der Waals surface area contributed by atoms with E-state index in [2.05, 4.69) is 6.07 Å². The molecule has 0 N–H and O–H groups in total. The van der Waals surface area contributed by atoms with Crippen LogP contribution in [-0.4, -0.2) is 16.6 Å². The first-order valence-electron chi connectivity index (χ1n) is 6.73. The number of para-hydroxylation sites is 1. The van der Waals surface area contributed by atoms with Gasteiger partial charge in [0.15, 0.2) is 0 Å². The van der Waals surface area contributed by atoms with Crippen molar-refractivity contribution in [2.45, 2.75) is 48.8 Å². The van der Waals surface area contributed by atoms with E-state index in [4.69, 9.17) is 0 Å². The number of nitrogens with zero attached hydrogens (tertiary/aromatic N) is 1. The summed E-state index contributed by atoms with van der Waals surface area (Å²) in [6, 6.07) is 8.03. The number of ketones is 1. The number of carbonyl (C=O) groups is 2. The molecule has 1 spiro atoms. The van der Waals surface area contributed by atoms with Crippen LogP contribution in [-0.2, 0) is 9.59 Å². The minimum Gasteiger partial charge on any atom is -0.299 e. The number of thioether (sulfide) groups is 1. The fourth-order valence-corrected chi connectivity index (χ4v) is 4.71. The average molecular weight is 275 g/mol. The van der Waals surface area contributed by atoms with E-state index in [0.717, 1.165) is 31.4 Å². The van der Waals surface area contributed by atoms with Gasteiger partial charge in [-0.25, -0.2) is 0 Å². The van der Waals surface area contributed by atoms with Gasteiger partial charge < -0.3 is 0 Å². The van der Waals surface area contributed by atoms with Crippen LogP contribution in [0.4, 0.5) is 5.69 Å². The summed E-state index contributed by atoms with van der Waals surface area (Å²) in [5, 5.41) is 0. The van der Waals surface area contributed by atoms with E-state index in [1.807, 2.05) is 23.1 Å². The lowest BCUT2D eigenvalue weighted by atomic mass is 10.1. The third-order valence-corrected chi connectivity index (χ3v) is 5.38. The van der Waals surface area contributed by atoms with Gasteiger partial charge in [0, 0.05) is 4.90 Å². The van der Waals surface area contributed by atoms with Gasteiger partial charge in [-0.3, -0.25) is 14.5 Å². The van der Waals surface area contributed by atoms with Crippen molar-refractivity contribution in [1.29, 1.82) is 0 Å². The van der Waals surface area contributed by atoms with E-state index >= 15 is 0 Å². The number of amides is 1. The third-order valence-electron chi connectivity index (χ3n) is 3.85. The van der Waals surface area contributed by atoms with Crippen molar-refractivity contribution < 1.29 is 9.59 Å². The highest BCUT2D eigenvalue weighted by Gasteiger charge is 2.49. The summed E-state index contributed by atoms with van der Waals surface area (Å²) in [6.45, 7) is 1.48. The molecule has 1 aromatic carbocycles. The summed E-state index contributed by atoms with van der Waals surface area (Å²) in [7, 11) is 0. The van der Waals surface area contributed by atoms with Gasteiger partial charge in [-0.2, -0.15) is 0 Å². The largest absolute Gasteiger partial charge is 0.299 e. The Bertz CT molecular complexity index is 535. The number of rotatable bonds is 2. The summed E-state index contributed by atoms with van der Waals surface area (Å²) in [6.07, 6.45) is 4.37. The van der Waals surface area contributed by atoms with Crippen LogP contribution in [0.15, 0.2) is 29.2 Å². The number of carbonyl (C=O) groups excluding carboxylic acids is 2. The van der Waals surface area contributed by atoms with Crippen LogP contribution in [0.3, 0.4) is 0 Å². The fraction of sp³-hybridized carbons (Fsp3) is 0.467. The van der Waals surface area contributed by atoms with Crippen LogP contribution in [0.2, 0.25) is 0 Å². The molecule has 1 amide bonds. The lowest BCUT2D eigenvalue weighted by Crippen LogP contribution is -2.45. The molecule has 1 aliphatic carbocycles. The Morgan fingerprint density at radius 3 is 2.63 bits per heavy atom. The van der Waals surface area contributed by atoms with Gasteiger partial charge in [0.05, 0.1) is 17.0 Å². The molecule has 0 saturated heterocycles. The second kappa shape index (κ2) is 4.67. The molecule has 0 unspecified atom stereocenters. The van der Waals surface area contributed by atoms with E-state index in [1.165, 1.54) is 11.8 Å². The van der Waals surface area contributed by atoms with Crippen molar-refractivity contribution in [2.75, 3.05) is 4.90 Å². The number of hydrogen-bond acceptors (Lipinski definition) is 3. The monoisotopic (exact) mass is 275 g/mol. The highest BCUT2D eigenvalue weighted by atomic mass is 32.2. The summed E-state index contributed by atoms with van der Waals surface area (Å²) in [4.78, 5) is 26.7. The van der Waals surface area contributed by atoms with Gasteiger partial charge >= 0.3 is 0 Å². The van der Waals surface area contributed by atoms with Gasteiger partial charge in [-0.1, -0.05) is 36.7 Å². The quantitative estimate of drug-likeness (QED) is 0.777. The molecule has 3 nitrogen and oxygen atoms in total. The molecule has 1 fully saturated rings. The smallest absolute Gasteiger partial charge is 0.235 e. The first-order valence-corrected chi connectivity index (χ1v) is 7.55. The number of fused-ring (bicyclic) bond motifs is 1. The van der Waals surface area contributed by atoms with Crippen LogP contribution >= 0.6 is 11.8 Å². The maximum Gasteiger partial charge on any atom is 0.235 e. The predicted octanol–water partition coefficient (Wildman–Crippen LogP) is 3.37. The molecule has 1 saturated carbocycles. The second-order valence-corrected chi connectivity index (χ2v) is 6.73. The fourth-order valence-electron chi connectivity index (χ4n) is 3.10. The minimum atomic E-state index is -0.129. The van der Waals surface area contributed by atoms with Crippen molar-refractivity contribution >= 4 is 29.1 Å². The van der Waals surface area contributed by atoms with Gasteiger partial charge in [0.25, 0.3) is 0 Å². The number of benzene rings is 1. The molecule has 2 aliphatic rings. The minimum absolute atomic E-state index is 0.0106. The Labute approximate surface area is 117 Å². The lowest BCUT2D eigenvalue weighted by Gasteiger charge is -2.34. The van der Waals surface area contributed by atoms with E-state index < -0.39 is 0 Å². The second-order valence-electron chi connectivity index (χ2n) is 5.33. The van der Waals surface area contributed by atoms with Crippen LogP contribution in [0, 0.1) is 0 Å². The number of hydrogen-bond donors (Lipinski definition) is 0. The average Bonchev–Trinajstić information content (AvgIpc) is 2.93. The molecule has 1 heterocycles. The summed E-state index contributed by atoms with van der Waals surface area (Å²) in [5.41, 5.74) is 0.987. The molecule has 1 aliphatic heterocycles. The number of Topliss-reactive ketones (excluding diaryl/α,β-unsaturated/α-hetero) is 1. The third kappa shape index (κ3) is 2.08. The molecule has 100 valence electrons. The normalized spacial score (nSPS) is 19.7. The summed E-state index contributed by atoms with van der Waals surface area (Å²) < 4.78 is 0. The van der Waals surface area contributed by atoms with Crippen molar-refractivity contribution in [1.82, 2.24) is 0 Å². The van der Waals surface area contributed by atoms with Crippen LogP contribution in [0.25, 0.3) is 0 Å². The van der Waals surface area contributed by atoms with Crippen molar-refractivity contribution in [3.8, 4) is 0 Å². The molecular weight excluding hydrogens is 258 g/mol. The van der Waals surface area contributed by atoms with E-state index in [-0.39, 0.29) is 23.0 Å². The summed E-state index contributed by atoms with van der Waals surface area (Å²) in [5.74, 6) is -0.112. The van der Waals surface area contributed by atoms with Crippen LogP contribution < -0.4 is 4.90 Å². The van der Waals surface area contributed by atoms with E-state index in [9.17, 15) is 9.59 Å². The van der Waals surface area contributed by atoms with E-state index in [0.29, 0.717) is 0 Å². The Morgan fingerprint density at radius 2 is 1.95 bits per heavy atom. The zero-order chi connectivity index (χ0) is 13.5. The topological polar surface area (TPSA) is 37.4 Å². The van der Waals surface area contributed by atoms with Gasteiger partial charge in [0.1, 0.15) is 5.78 Å². The molecule has 0 radical (unpaired) electrons. The van der Waals surface area contributed by atoms with Crippen molar-refractivity contribution in [2.24, 2.45) is 0 Å².